The normalized spacial score (nSPS) is 19.4. The van der Waals surface area contributed by atoms with Crippen molar-refractivity contribution in [3.05, 3.63) is 35.4 Å². The number of hydrogen-bond donors (Lipinski definition) is 1. The molecule has 2 heteroatoms. The first-order valence-electron chi connectivity index (χ1n) is 8.07. The Morgan fingerprint density at radius 1 is 1.15 bits per heavy atom. The Labute approximate surface area is 124 Å². The predicted molar refractivity (Wildman–Crippen MR) is 87.1 cm³/mol. The summed E-state index contributed by atoms with van der Waals surface area (Å²) in [6.07, 6.45) is 6.52. The van der Waals surface area contributed by atoms with E-state index in [2.05, 4.69) is 62.4 Å². The van der Waals surface area contributed by atoms with Crippen molar-refractivity contribution in [3.8, 4) is 0 Å². The lowest BCUT2D eigenvalue weighted by Crippen LogP contribution is -2.50. The molecule has 20 heavy (non-hydrogen) atoms. The monoisotopic (exact) mass is 274 g/mol. The maximum absolute atomic E-state index is 3.76. The smallest absolute Gasteiger partial charge is 0.0328 e. The van der Waals surface area contributed by atoms with Gasteiger partial charge in [0, 0.05) is 18.1 Å². The van der Waals surface area contributed by atoms with Gasteiger partial charge in [-0.25, -0.2) is 0 Å². The molecule has 0 amide bonds. The van der Waals surface area contributed by atoms with Crippen LogP contribution in [0.15, 0.2) is 24.3 Å². The second kappa shape index (κ2) is 6.73. The van der Waals surface area contributed by atoms with Gasteiger partial charge in [0.15, 0.2) is 0 Å². The summed E-state index contributed by atoms with van der Waals surface area (Å²) in [5.74, 6) is 0. The highest BCUT2D eigenvalue weighted by atomic mass is 15.2. The van der Waals surface area contributed by atoms with Gasteiger partial charge < -0.3 is 10.2 Å². The SMILES string of the molecule is CCc1ccc(C(C)NCC2(N(C)C)CCCC2)cc1. The second-order valence-electron chi connectivity index (χ2n) is 6.52. The standard InChI is InChI=1S/C18H30N2/c1-5-16-8-10-17(11-9-16)15(2)19-14-18(20(3)4)12-6-7-13-18/h8-11,15,19H,5-7,12-14H2,1-4H3. The molecule has 0 aromatic heterocycles. The van der Waals surface area contributed by atoms with E-state index in [0.717, 1.165) is 13.0 Å². The Balaban J connectivity index is 1.95. The summed E-state index contributed by atoms with van der Waals surface area (Å²) in [6.45, 7) is 5.58. The van der Waals surface area contributed by atoms with Crippen LogP contribution in [0.3, 0.4) is 0 Å². The summed E-state index contributed by atoms with van der Waals surface area (Å²) >= 11 is 0. The van der Waals surface area contributed by atoms with Crippen molar-refractivity contribution in [1.82, 2.24) is 10.2 Å². The first-order valence-corrected chi connectivity index (χ1v) is 8.07. The summed E-state index contributed by atoms with van der Waals surface area (Å²) in [4.78, 5) is 2.43. The van der Waals surface area contributed by atoms with Gasteiger partial charge in [0.05, 0.1) is 0 Å². The van der Waals surface area contributed by atoms with Crippen LogP contribution < -0.4 is 5.32 Å². The van der Waals surface area contributed by atoms with Crippen LogP contribution in [0, 0.1) is 0 Å². The molecule has 2 nitrogen and oxygen atoms in total. The molecule has 1 aliphatic rings. The van der Waals surface area contributed by atoms with Crippen LogP contribution in [0.2, 0.25) is 0 Å². The van der Waals surface area contributed by atoms with Crippen LogP contribution in [-0.4, -0.2) is 31.1 Å². The average molecular weight is 274 g/mol. The number of aryl methyl sites for hydroxylation is 1. The first kappa shape index (κ1) is 15.5. The summed E-state index contributed by atoms with van der Waals surface area (Å²) in [7, 11) is 4.46. The molecule has 1 unspecified atom stereocenters. The van der Waals surface area contributed by atoms with Gasteiger partial charge in [-0.1, -0.05) is 44.0 Å². The van der Waals surface area contributed by atoms with Crippen LogP contribution in [-0.2, 0) is 6.42 Å². The van der Waals surface area contributed by atoms with Gasteiger partial charge in [-0.15, -0.1) is 0 Å². The number of benzene rings is 1. The van der Waals surface area contributed by atoms with E-state index in [-0.39, 0.29) is 0 Å². The third-order valence-electron chi connectivity index (χ3n) is 5.11. The van der Waals surface area contributed by atoms with Crippen molar-refractivity contribution in [2.75, 3.05) is 20.6 Å². The minimum Gasteiger partial charge on any atom is -0.308 e. The Bertz CT molecular complexity index is 402. The zero-order valence-electron chi connectivity index (χ0n) is 13.6. The van der Waals surface area contributed by atoms with Gasteiger partial charge in [-0.05, 0) is 51.4 Å². The fraction of sp³-hybridized carbons (Fsp3) is 0.667. The van der Waals surface area contributed by atoms with Gasteiger partial charge >= 0.3 is 0 Å². The van der Waals surface area contributed by atoms with Crippen molar-refractivity contribution in [2.24, 2.45) is 0 Å². The highest BCUT2D eigenvalue weighted by molar-refractivity contribution is 5.24. The van der Waals surface area contributed by atoms with Crippen LogP contribution >= 0.6 is 0 Å². The number of nitrogens with zero attached hydrogens (tertiary/aromatic N) is 1. The lowest BCUT2D eigenvalue weighted by atomic mass is 9.95. The van der Waals surface area contributed by atoms with Crippen LogP contribution in [0.1, 0.15) is 56.7 Å². The minimum atomic E-state index is 0.373. The second-order valence-corrected chi connectivity index (χ2v) is 6.52. The number of hydrogen-bond acceptors (Lipinski definition) is 2. The highest BCUT2D eigenvalue weighted by Gasteiger charge is 2.35. The van der Waals surface area contributed by atoms with Gasteiger partial charge in [0.1, 0.15) is 0 Å². The van der Waals surface area contributed by atoms with Crippen LogP contribution in [0.5, 0.6) is 0 Å². The summed E-state index contributed by atoms with van der Waals surface area (Å²) < 4.78 is 0. The molecule has 0 aliphatic heterocycles. The van der Waals surface area contributed by atoms with E-state index in [1.807, 2.05) is 0 Å². The molecule has 112 valence electrons. The highest BCUT2D eigenvalue weighted by Crippen LogP contribution is 2.33. The first-order chi connectivity index (χ1) is 9.57. The summed E-state index contributed by atoms with van der Waals surface area (Å²) in [6, 6.07) is 9.48. The van der Waals surface area contributed by atoms with E-state index in [1.54, 1.807) is 0 Å². The van der Waals surface area contributed by atoms with E-state index >= 15 is 0 Å². The van der Waals surface area contributed by atoms with Gasteiger partial charge in [-0.3, -0.25) is 0 Å². The van der Waals surface area contributed by atoms with Crippen molar-refractivity contribution < 1.29 is 0 Å². The molecule has 0 bridgehead atoms. The molecule has 1 atom stereocenters. The molecule has 0 radical (unpaired) electrons. The molecule has 0 heterocycles. The maximum atomic E-state index is 3.76. The molecule has 2 rings (SSSR count). The zero-order chi connectivity index (χ0) is 14.6. The predicted octanol–water partition coefficient (Wildman–Crippen LogP) is 3.77. The number of nitrogens with one attached hydrogen (secondary N) is 1. The summed E-state index contributed by atoms with van der Waals surface area (Å²) in [5.41, 5.74) is 3.19. The van der Waals surface area contributed by atoms with Crippen molar-refractivity contribution in [2.45, 2.75) is 57.5 Å². The van der Waals surface area contributed by atoms with Crippen LogP contribution in [0.25, 0.3) is 0 Å². The Morgan fingerprint density at radius 2 is 1.75 bits per heavy atom. The topological polar surface area (TPSA) is 15.3 Å². The Kier molecular flexibility index (Phi) is 5.22. The molecular formula is C18H30N2. The molecule has 0 saturated heterocycles. The molecule has 1 fully saturated rings. The molecule has 1 saturated carbocycles. The average Bonchev–Trinajstić information content (AvgIpc) is 2.95. The van der Waals surface area contributed by atoms with E-state index in [1.165, 1.54) is 36.8 Å². The fourth-order valence-electron chi connectivity index (χ4n) is 3.32. The van der Waals surface area contributed by atoms with E-state index in [4.69, 9.17) is 0 Å². The fourth-order valence-corrected chi connectivity index (χ4v) is 3.32. The maximum Gasteiger partial charge on any atom is 0.0328 e. The minimum absolute atomic E-state index is 0.373. The van der Waals surface area contributed by atoms with Gasteiger partial charge in [0.2, 0.25) is 0 Å². The Morgan fingerprint density at radius 3 is 2.25 bits per heavy atom. The van der Waals surface area contributed by atoms with E-state index in [9.17, 15) is 0 Å². The lowest BCUT2D eigenvalue weighted by Gasteiger charge is -2.37. The molecule has 1 N–H and O–H groups in total. The number of rotatable bonds is 6. The third kappa shape index (κ3) is 3.42. The van der Waals surface area contributed by atoms with Crippen LogP contribution in [0.4, 0.5) is 0 Å². The lowest BCUT2D eigenvalue weighted by molar-refractivity contribution is 0.150. The molecule has 0 spiro atoms. The van der Waals surface area contributed by atoms with E-state index in [0.29, 0.717) is 11.6 Å². The largest absolute Gasteiger partial charge is 0.308 e. The quantitative estimate of drug-likeness (QED) is 0.849. The zero-order valence-corrected chi connectivity index (χ0v) is 13.6. The third-order valence-corrected chi connectivity index (χ3v) is 5.11. The van der Waals surface area contributed by atoms with Gasteiger partial charge in [0.25, 0.3) is 0 Å². The molecule has 1 aromatic carbocycles. The molecule has 1 aromatic rings. The number of likely N-dealkylation sites (N-methyl/N-ethyl adjacent to an activating group) is 1. The molecule has 1 aliphatic carbocycles. The van der Waals surface area contributed by atoms with Crippen molar-refractivity contribution in [3.63, 3.8) is 0 Å². The Hall–Kier alpha value is -0.860. The van der Waals surface area contributed by atoms with E-state index < -0.39 is 0 Å². The van der Waals surface area contributed by atoms with Gasteiger partial charge in [-0.2, -0.15) is 0 Å². The summed E-state index contributed by atoms with van der Waals surface area (Å²) in [5, 5.41) is 3.76. The van der Waals surface area contributed by atoms with Crippen molar-refractivity contribution in [1.29, 1.82) is 0 Å². The van der Waals surface area contributed by atoms with Crippen molar-refractivity contribution >= 4 is 0 Å². The molecular weight excluding hydrogens is 244 g/mol.